The van der Waals surface area contributed by atoms with Gasteiger partial charge in [0, 0.05) is 0 Å². The molecule has 0 heterocycles. The zero-order chi connectivity index (χ0) is 17.4. The summed E-state index contributed by atoms with van der Waals surface area (Å²) in [6, 6.07) is 4.38. The Morgan fingerprint density at radius 1 is 0.818 bits per heavy atom. The minimum absolute atomic E-state index is 0.105. The fourth-order valence-corrected chi connectivity index (χ4v) is 0.962. The third-order valence-corrected chi connectivity index (χ3v) is 1.63. The summed E-state index contributed by atoms with van der Waals surface area (Å²) < 4.78 is 79.5. The van der Waals surface area contributed by atoms with Gasteiger partial charge in [-0.05, 0) is 24.3 Å². The van der Waals surface area contributed by atoms with Crippen LogP contribution in [0.5, 0.6) is 11.5 Å². The molecule has 22 heavy (non-hydrogen) atoms. The molecule has 1 aromatic carbocycles. The van der Waals surface area contributed by atoms with E-state index in [1.165, 1.54) is 0 Å². The van der Waals surface area contributed by atoms with E-state index in [2.05, 4.69) is 9.47 Å². The lowest BCUT2D eigenvalue weighted by atomic mass is 10.3. The Kier molecular flexibility index (Phi) is 7.33. The molecule has 0 aliphatic rings. The molecule has 126 valence electrons. The SMILES string of the molecule is FC(F)(F)COc1ccc(OCC(F)(F)F)cc1.O=C(O)O. The van der Waals surface area contributed by atoms with Gasteiger partial charge in [-0.15, -0.1) is 0 Å². The standard InChI is InChI=1S/C10H8F6O2.CH2O3/c11-9(12,13)5-17-7-1-2-8(4-3-7)18-6-10(14,15)16;2-1(3)4/h1-4H,5-6H2;(H2,2,3,4). The first-order valence-corrected chi connectivity index (χ1v) is 5.30. The maximum absolute atomic E-state index is 11.8. The van der Waals surface area contributed by atoms with Crippen molar-refractivity contribution in [1.29, 1.82) is 0 Å². The van der Waals surface area contributed by atoms with E-state index < -0.39 is 31.7 Å². The molecule has 0 aliphatic heterocycles. The van der Waals surface area contributed by atoms with Gasteiger partial charge in [0.15, 0.2) is 13.2 Å². The van der Waals surface area contributed by atoms with Crippen LogP contribution in [0, 0.1) is 0 Å². The molecule has 0 fully saturated rings. The van der Waals surface area contributed by atoms with Gasteiger partial charge in [0.25, 0.3) is 0 Å². The average molecular weight is 336 g/mol. The molecule has 0 saturated heterocycles. The van der Waals surface area contributed by atoms with Crippen LogP contribution >= 0.6 is 0 Å². The van der Waals surface area contributed by atoms with Crippen molar-refractivity contribution >= 4 is 6.16 Å². The molecule has 1 aromatic rings. The molecular weight excluding hydrogens is 326 g/mol. The minimum Gasteiger partial charge on any atom is -0.484 e. The molecule has 0 atom stereocenters. The number of hydrogen-bond donors (Lipinski definition) is 2. The molecule has 0 unspecified atom stereocenters. The predicted octanol–water partition coefficient (Wildman–Crippen LogP) is 3.79. The van der Waals surface area contributed by atoms with E-state index in [9.17, 15) is 26.3 Å². The summed E-state index contributed by atoms with van der Waals surface area (Å²) in [5.74, 6) is -0.210. The van der Waals surface area contributed by atoms with E-state index in [4.69, 9.17) is 15.0 Å². The van der Waals surface area contributed by atoms with Crippen molar-refractivity contribution in [2.75, 3.05) is 13.2 Å². The highest BCUT2D eigenvalue weighted by Crippen LogP contribution is 2.23. The molecule has 1 rings (SSSR count). The predicted molar refractivity (Wildman–Crippen MR) is 60.2 cm³/mol. The molecular formula is C11H10F6O5. The molecule has 0 aromatic heterocycles. The van der Waals surface area contributed by atoms with Crippen molar-refractivity contribution in [3.8, 4) is 11.5 Å². The molecule has 11 heteroatoms. The van der Waals surface area contributed by atoms with Gasteiger partial charge in [0.2, 0.25) is 0 Å². The number of rotatable bonds is 4. The van der Waals surface area contributed by atoms with Gasteiger partial charge in [-0.2, -0.15) is 26.3 Å². The van der Waals surface area contributed by atoms with E-state index in [-0.39, 0.29) is 11.5 Å². The zero-order valence-electron chi connectivity index (χ0n) is 10.6. The van der Waals surface area contributed by atoms with E-state index in [0.717, 1.165) is 24.3 Å². The summed E-state index contributed by atoms with van der Waals surface area (Å²) in [4.78, 5) is 8.56. The van der Waals surface area contributed by atoms with Crippen molar-refractivity contribution < 1.29 is 50.8 Å². The first-order chi connectivity index (χ1) is 9.89. The lowest BCUT2D eigenvalue weighted by Crippen LogP contribution is -2.19. The van der Waals surface area contributed by atoms with Crippen molar-refractivity contribution in [2.45, 2.75) is 12.4 Å². The van der Waals surface area contributed by atoms with Crippen LogP contribution < -0.4 is 9.47 Å². The van der Waals surface area contributed by atoms with Gasteiger partial charge in [0.1, 0.15) is 11.5 Å². The topological polar surface area (TPSA) is 76.0 Å². The van der Waals surface area contributed by atoms with E-state index >= 15 is 0 Å². The highest BCUT2D eigenvalue weighted by Gasteiger charge is 2.29. The van der Waals surface area contributed by atoms with Gasteiger partial charge in [-0.25, -0.2) is 4.79 Å². The Bertz CT molecular complexity index is 413. The van der Waals surface area contributed by atoms with E-state index in [1.807, 2.05) is 0 Å². The van der Waals surface area contributed by atoms with Crippen molar-refractivity contribution in [1.82, 2.24) is 0 Å². The first kappa shape index (κ1) is 19.7. The number of ether oxygens (including phenoxy) is 2. The number of halogens is 6. The first-order valence-electron chi connectivity index (χ1n) is 5.30. The molecule has 0 saturated carbocycles. The van der Waals surface area contributed by atoms with Gasteiger partial charge in [0.05, 0.1) is 0 Å². The van der Waals surface area contributed by atoms with Crippen LogP contribution in [-0.4, -0.2) is 41.9 Å². The summed E-state index contributed by atoms with van der Waals surface area (Å²) in [7, 11) is 0. The lowest BCUT2D eigenvalue weighted by molar-refractivity contribution is -0.154. The van der Waals surface area contributed by atoms with E-state index in [0.29, 0.717) is 0 Å². The molecule has 0 spiro atoms. The number of hydrogen-bond acceptors (Lipinski definition) is 3. The Balaban J connectivity index is 0.000000980. The number of alkyl halides is 6. The fraction of sp³-hybridized carbons (Fsp3) is 0.364. The van der Waals surface area contributed by atoms with E-state index in [1.54, 1.807) is 0 Å². The molecule has 2 N–H and O–H groups in total. The van der Waals surface area contributed by atoms with Gasteiger partial charge in [-0.1, -0.05) is 0 Å². The quantitative estimate of drug-likeness (QED) is 0.818. The lowest BCUT2D eigenvalue weighted by Gasteiger charge is -2.11. The number of benzene rings is 1. The van der Waals surface area contributed by atoms with Crippen LogP contribution in [0.25, 0.3) is 0 Å². The van der Waals surface area contributed by atoms with Crippen LogP contribution in [0.2, 0.25) is 0 Å². The van der Waals surface area contributed by atoms with Gasteiger partial charge >= 0.3 is 18.5 Å². The summed E-state index contributed by atoms with van der Waals surface area (Å²) in [5.41, 5.74) is 0. The number of carboxylic acid groups (broad SMARTS) is 2. The second-order valence-electron chi connectivity index (χ2n) is 3.56. The van der Waals surface area contributed by atoms with Crippen LogP contribution in [-0.2, 0) is 0 Å². The van der Waals surface area contributed by atoms with Crippen molar-refractivity contribution in [2.24, 2.45) is 0 Å². The summed E-state index contributed by atoms with van der Waals surface area (Å²) >= 11 is 0. The monoisotopic (exact) mass is 336 g/mol. The summed E-state index contributed by atoms with van der Waals surface area (Å²) in [6.07, 6.45) is -10.8. The maximum Gasteiger partial charge on any atom is 0.503 e. The Hall–Kier alpha value is -2.33. The normalized spacial score (nSPS) is 11.2. The fourth-order valence-electron chi connectivity index (χ4n) is 0.962. The molecule has 0 bridgehead atoms. The van der Waals surface area contributed by atoms with Crippen LogP contribution in [0.3, 0.4) is 0 Å². The van der Waals surface area contributed by atoms with Crippen molar-refractivity contribution in [3.63, 3.8) is 0 Å². The van der Waals surface area contributed by atoms with Crippen molar-refractivity contribution in [3.05, 3.63) is 24.3 Å². The second kappa shape index (κ2) is 8.20. The Morgan fingerprint density at radius 2 is 1.05 bits per heavy atom. The molecule has 0 amide bonds. The van der Waals surface area contributed by atoms with Crippen LogP contribution in [0.4, 0.5) is 31.1 Å². The largest absolute Gasteiger partial charge is 0.503 e. The highest BCUT2D eigenvalue weighted by atomic mass is 19.4. The highest BCUT2D eigenvalue weighted by molar-refractivity contribution is 5.53. The molecule has 0 aliphatic carbocycles. The third-order valence-electron chi connectivity index (χ3n) is 1.63. The Morgan fingerprint density at radius 3 is 1.23 bits per heavy atom. The molecule has 5 nitrogen and oxygen atoms in total. The third kappa shape index (κ3) is 12.7. The summed E-state index contributed by atoms with van der Waals surface area (Å²) in [5, 5.41) is 13.9. The second-order valence-corrected chi connectivity index (χ2v) is 3.56. The maximum atomic E-state index is 11.8. The van der Waals surface area contributed by atoms with Gasteiger partial charge < -0.3 is 19.7 Å². The van der Waals surface area contributed by atoms with Crippen LogP contribution in [0.1, 0.15) is 0 Å². The number of carbonyl (C=O) groups is 1. The minimum atomic E-state index is -4.47. The summed E-state index contributed by atoms with van der Waals surface area (Å²) in [6.45, 7) is -2.93. The van der Waals surface area contributed by atoms with Crippen LogP contribution in [0.15, 0.2) is 24.3 Å². The zero-order valence-corrected chi connectivity index (χ0v) is 10.6. The average Bonchev–Trinajstić information content (AvgIpc) is 2.32. The van der Waals surface area contributed by atoms with Gasteiger partial charge in [-0.3, -0.25) is 0 Å². The smallest absolute Gasteiger partial charge is 0.484 e. The molecule has 0 radical (unpaired) electrons. The Labute approximate surface area is 119 Å².